The van der Waals surface area contributed by atoms with Gasteiger partial charge in [-0.15, -0.1) is 0 Å². The number of halogens is 1. The summed E-state index contributed by atoms with van der Waals surface area (Å²) >= 11 is 11.1. The van der Waals surface area contributed by atoms with E-state index in [4.69, 9.17) is 29.6 Å². The molecular weight excluding hydrogens is 268 g/mol. The summed E-state index contributed by atoms with van der Waals surface area (Å²) < 4.78 is 0. The fraction of sp³-hybridized carbons (Fsp3) is 0.167. The van der Waals surface area contributed by atoms with Gasteiger partial charge in [-0.1, -0.05) is 11.6 Å². The van der Waals surface area contributed by atoms with Gasteiger partial charge in [0.05, 0.1) is 11.2 Å². The summed E-state index contributed by atoms with van der Waals surface area (Å²) in [4.78, 5) is 4.26. The van der Waals surface area contributed by atoms with Crippen LogP contribution in [0.2, 0.25) is 5.02 Å². The summed E-state index contributed by atoms with van der Waals surface area (Å²) in [6.45, 7) is 1.18. The van der Waals surface area contributed by atoms with Crippen LogP contribution in [-0.2, 0) is 0 Å². The van der Waals surface area contributed by atoms with Crippen LogP contribution in [0.5, 0.6) is 0 Å². The van der Waals surface area contributed by atoms with Gasteiger partial charge in [0.2, 0.25) is 0 Å². The predicted molar refractivity (Wildman–Crippen MR) is 80.0 cm³/mol. The number of hydrogen-bond donors (Lipinski definition) is 3. The number of aromatic nitrogens is 1. The molecule has 0 spiro atoms. The van der Waals surface area contributed by atoms with Crippen molar-refractivity contribution in [1.29, 1.82) is 0 Å². The van der Waals surface area contributed by atoms with Gasteiger partial charge in [0.15, 0.2) is 5.11 Å². The Morgan fingerprint density at radius 3 is 3.00 bits per heavy atom. The van der Waals surface area contributed by atoms with Crippen LogP contribution in [0.15, 0.2) is 30.5 Å². The molecule has 1 aromatic carbocycles. The minimum atomic E-state index is 0.536. The van der Waals surface area contributed by atoms with Gasteiger partial charge >= 0.3 is 0 Å². The standard InChI is InChI=1S/C12H13ClN4S/c13-8-1-2-9-10(3-5-15-11(9)7-8)17-12(18)16-6-4-14/h1-3,5,7H,4,6,14H2,(H2,15,16,17,18). The van der Waals surface area contributed by atoms with Gasteiger partial charge in [0.1, 0.15) is 0 Å². The number of rotatable bonds is 3. The van der Waals surface area contributed by atoms with E-state index in [1.54, 1.807) is 6.20 Å². The number of fused-ring (bicyclic) bond motifs is 1. The zero-order valence-corrected chi connectivity index (χ0v) is 11.2. The second-order valence-electron chi connectivity index (χ2n) is 3.69. The molecule has 1 heterocycles. The Morgan fingerprint density at radius 1 is 1.39 bits per heavy atom. The van der Waals surface area contributed by atoms with Gasteiger partial charge in [-0.25, -0.2) is 0 Å². The maximum absolute atomic E-state index is 5.93. The topological polar surface area (TPSA) is 63.0 Å². The first kappa shape index (κ1) is 13.0. The molecule has 2 aromatic rings. The lowest BCUT2D eigenvalue weighted by atomic mass is 10.2. The number of benzene rings is 1. The number of nitrogens with one attached hydrogen (secondary N) is 2. The van der Waals surface area contributed by atoms with Crippen molar-refractivity contribution >= 4 is 45.5 Å². The predicted octanol–water partition coefficient (Wildman–Crippen LogP) is 2.13. The van der Waals surface area contributed by atoms with Crippen LogP contribution >= 0.6 is 23.8 Å². The summed E-state index contributed by atoms with van der Waals surface area (Å²) in [5.74, 6) is 0. The van der Waals surface area contributed by atoms with Gasteiger partial charge in [0.25, 0.3) is 0 Å². The second kappa shape index (κ2) is 5.95. The van der Waals surface area contributed by atoms with Crippen molar-refractivity contribution in [1.82, 2.24) is 10.3 Å². The molecule has 18 heavy (non-hydrogen) atoms. The Labute approximate surface area is 116 Å². The van der Waals surface area contributed by atoms with E-state index in [0.29, 0.717) is 23.2 Å². The molecule has 0 fully saturated rings. The van der Waals surface area contributed by atoms with E-state index >= 15 is 0 Å². The first-order valence-corrected chi connectivity index (χ1v) is 6.28. The molecule has 0 aliphatic carbocycles. The van der Waals surface area contributed by atoms with Gasteiger partial charge < -0.3 is 16.4 Å². The lowest BCUT2D eigenvalue weighted by Gasteiger charge is -2.11. The SMILES string of the molecule is NCCNC(=S)Nc1ccnc2cc(Cl)ccc12. The van der Waals surface area contributed by atoms with Gasteiger partial charge in [-0.2, -0.15) is 0 Å². The van der Waals surface area contributed by atoms with E-state index in [2.05, 4.69) is 15.6 Å². The van der Waals surface area contributed by atoms with Crippen molar-refractivity contribution in [2.45, 2.75) is 0 Å². The van der Waals surface area contributed by atoms with Crippen molar-refractivity contribution in [3.05, 3.63) is 35.5 Å². The normalized spacial score (nSPS) is 10.3. The number of thiocarbonyl (C=S) groups is 1. The maximum Gasteiger partial charge on any atom is 0.170 e. The molecule has 1 aromatic heterocycles. The molecule has 0 amide bonds. The van der Waals surface area contributed by atoms with E-state index in [0.717, 1.165) is 16.6 Å². The highest BCUT2D eigenvalue weighted by Crippen LogP contribution is 2.24. The Bertz CT molecular complexity index is 573. The van der Waals surface area contributed by atoms with Crippen LogP contribution < -0.4 is 16.4 Å². The molecule has 0 bridgehead atoms. The van der Waals surface area contributed by atoms with Gasteiger partial charge in [-0.05, 0) is 36.5 Å². The summed E-state index contributed by atoms with van der Waals surface area (Å²) in [6.07, 6.45) is 1.71. The van der Waals surface area contributed by atoms with E-state index in [9.17, 15) is 0 Å². The van der Waals surface area contributed by atoms with Crippen molar-refractivity contribution < 1.29 is 0 Å². The van der Waals surface area contributed by atoms with Gasteiger partial charge in [-0.3, -0.25) is 4.98 Å². The molecule has 4 N–H and O–H groups in total. The van der Waals surface area contributed by atoms with Crippen LogP contribution in [0.1, 0.15) is 0 Å². The highest BCUT2D eigenvalue weighted by molar-refractivity contribution is 7.80. The Kier molecular flexibility index (Phi) is 4.30. The third kappa shape index (κ3) is 3.07. The minimum absolute atomic E-state index is 0.536. The lowest BCUT2D eigenvalue weighted by Crippen LogP contribution is -2.32. The number of nitrogens with two attached hydrogens (primary N) is 1. The quantitative estimate of drug-likeness (QED) is 0.752. The molecule has 0 saturated heterocycles. The average Bonchev–Trinajstić information content (AvgIpc) is 2.36. The van der Waals surface area contributed by atoms with Crippen LogP contribution in [0, 0.1) is 0 Å². The van der Waals surface area contributed by atoms with E-state index in [-0.39, 0.29) is 0 Å². The summed E-state index contributed by atoms with van der Waals surface area (Å²) in [5.41, 5.74) is 7.13. The number of hydrogen-bond acceptors (Lipinski definition) is 3. The fourth-order valence-corrected chi connectivity index (χ4v) is 1.96. The molecule has 4 nitrogen and oxygen atoms in total. The average molecular weight is 281 g/mol. The monoisotopic (exact) mass is 280 g/mol. The number of anilines is 1. The maximum atomic E-state index is 5.93. The largest absolute Gasteiger partial charge is 0.361 e. The summed E-state index contributed by atoms with van der Waals surface area (Å²) in [6, 6.07) is 7.43. The van der Waals surface area contributed by atoms with Crippen molar-refractivity contribution in [2.24, 2.45) is 5.73 Å². The van der Waals surface area contributed by atoms with E-state index < -0.39 is 0 Å². The third-order valence-electron chi connectivity index (χ3n) is 2.38. The molecule has 2 rings (SSSR count). The molecule has 0 unspecified atom stereocenters. The van der Waals surface area contributed by atoms with Crippen molar-refractivity contribution in [2.75, 3.05) is 18.4 Å². The first-order valence-electron chi connectivity index (χ1n) is 5.50. The van der Waals surface area contributed by atoms with Crippen LogP contribution in [-0.4, -0.2) is 23.2 Å². The van der Waals surface area contributed by atoms with E-state index in [1.165, 1.54) is 0 Å². The zero-order valence-electron chi connectivity index (χ0n) is 9.61. The molecule has 0 atom stereocenters. The van der Waals surface area contributed by atoms with Crippen molar-refractivity contribution in [3.63, 3.8) is 0 Å². The van der Waals surface area contributed by atoms with Crippen LogP contribution in [0.25, 0.3) is 10.9 Å². The molecule has 6 heteroatoms. The molecule has 0 saturated carbocycles. The molecule has 0 radical (unpaired) electrons. The minimum Gasteiger partial charge on any atom is -0.361 e. The Morgan fingerprint density at radius 2 is 2.22 bits per heavy atom. The third-order valence-corrected chi connectivity index (χ3v) is 2.86. The molecule has 0 aliphatic heterocycles. The fourth-order valence-electron chi connectivity index (χ4n) is 1.58. The lowest BCUT2D eigenvalue weighted by molar-refractivity contribution is 0.883. The van der Waals surface area contributed by atoms with Crippen molar-refractivity contribution in [3.8, 4) is 0 Å². The Balaban J connectivity index is 2.25. The summed E-state index contributed by atoms with van der Waals surface area (Å²) in [7, 11) is 0. The molecular formula is C12H13ClN4S. The Hall–Kier alpha value is -1.43. The van der Waals surface area contributed by atoms with Crippen LogP contribution in [0.3, 0.4) is 0 Å². The van der Waals surface area contributed by atoms with Crippen LogP contribution in [0.4, 0.5) is 5.69 Å². The van der Waals surface area contributed by atoms with E-state index in [1.807, 2.05) is 24.3 Å². The first-order chi connectivity index (χ1) is 8.70. The zero-order chi connectivity index (χ0) is 13.0. The smallest absolute Gasteiger partial charge is 0.170 e. The highest BCUT2D eigenvalue weighted by atomic mass is 35.5. The highest BCUT2D eigenvalue weighted by Gasteiger charge is 2.04. The number of nitrogens with zero attached hydrogens (tertiary/aromatic N) is 1. The summed E-state index contributed by atoms with van der Waals surface area (Å²) in [5, 5.41) is 8.31. The molecule has 0 aliphatic rings. The van der Waals surface area contributed by atoms with Gasteiger partial charge in [0, 0.05) is 29.7 Å². The molecule has 94 valence electrons. The second-order valence-corrected chi connectivity index (χ2v) is 4.53. The number of pyridine rings is 1.